The Labute approximate surface area is 84.5 Å². The third-order valence-electron chi connectivity index (χ3n) is 2.71. The van der Waals surface area contributed by atoms with Gasteiger partial charge in [-0.3, -0.25) is 4.79 Å². The van der Waals surface area contributed by atoms with Crippen molar-refractivity contribution in [3.8, 4) is 0 Å². The van der Waals surface area contributed by atoms with Crippen LogP contribution >= 0.6 is 0 Å². The van der Waals surface area contributed by atoms with Gasteiger partial charge in [0.15, 0.2) is 0 Å². The fraction of sp³-hybridized carbons (Fsp3) is 0.900. The normalized spacial score (nSPS) is 26.2. The number of aliphatic carboxylic acids is 1. The van der Waals surface area contributed by atoms with E-state index in [9.17, 15) is 4.79 Å². The second-order valence-electron chi connectivity index (χ2n) is 4.25. The zero-order valence-corrected chi connectivity index (χ0v) is 8.65. The number of nitrogens with zero attached hydrogens (tertiary/aromatic N) is 1. The number of rotatable bonds is 6. The Morgan fingerprint density at radius 2 is 2.14 bits per heavy atom. The van der Waals surface area contributed by atoms with E-state index in [1.165, 1.54) is 0 Å². The van der Waals surface area contributed by atoms with Crippen LogP contribution < -0.4 is 0 Å². The van der Waals surface area contributed by atoms with Crippen LogP contribution in [0.15, 0.2) is 0 Å². The molecule has 1 rings (SSSR count). The van der Waals surface area contributed by atoms with Gasteiger partial charge in [0.2, 0.25) is 0 Å². The van der Waals surface area contributed by atoms with Gasteiger partial charge in [-0.25, -0.2) is 0 Å². The molecule has 1 fully saturated rings. The van der Waals surface area contributed by atoms with Gasteiger partial charge in [0.25, 0.3) is 0 Å². The quantitative estimate of drug-likeness (QED) is 0.659. The lowest BCUT2D eigenvalue weighted by Crippen LogP contribution is -2.37. The molecule has 0 atom stereocenters. The lowest BCUT2D eigenvalue weighted by atomic mass is 9.82. The molecule has 82 valence electrons. The zero-order valence-electron chi connectivity index (χ0n) is 8.65. The lowest BCUT2D eigenvalue weighted by molar-refractivity contribution is -0.137. The topological polar surface area (TPSA) is 60.8 Å². The molecule has 0 aromatic heterocycles. The maximum absolute atomic E-state index is 10.3. The van der Waals surface area contributed by atoms with Crippen molar-refractivity contribution in [3.05, 3.63) is 0 Å². The zero-order chi connectivity index (χ0) is 10.6. The molecular formula is C10H19NO3. The van der Waals surface area contributed by atoms with Crippen molar-refractivity contribution < 1.29 is 15.0 Å². The minimum absolute atomic E-state index is 0.0904. The molecule has 0 radical (unpaired) electrons. The van der Waals surface area contributed by atoms with Crippen LogP contribution in [-0.4, -0.2) is 47.3 Å². The van der Waals surface area contributed by atoms with Crippen LogP contribution in [0.1, 0.15) is 25.7 Å². The second-order valence-corrected chi connectivity index (χ2v) is 4.25. The summed E-state index contributed by atoms with van der Waals surface area (Å²) < 4.78 is 0. The van der Waals surface area contributed by atoms with Gasteiger partial charge in [-0.05, 0) is 38.8 Å². The van der Waals surface area contributed by atoms with Crippen LogP contribution in [0.25, 0.3) is 0 Å². The average Bonchev–Trinajstić information content (AvgIpc) is 2.00. The summed E-state index contributed by atoms with van der Waals surface area (Å²) in [4.78, 5) is 12.4. The Morgan fingerprint density at radius 3 is 2.64 bits per heavy atom. The third kappa shape index (κ3) is 4.07. The molecule has 0 amide bonds. The number of hydrogen-bond acceptors (Lipinski definition) is 3. The Balaban J connectivity index is 1.99. The molecule has 1 aliphatic carbocycles. The number of carbonyl (C=O) groups is 1. The van der Waals surface area contributed by atoms with Crippen molar-refractivity contribution in [1.29, 1.82) is 0 Å². The molecule has 1 saturated carbocycles. The first kappa shape index (κ1) is 11.5. The van der Waals surface area contributed by atoms with E-state index in [2.05, 4.69) is 4.90 Å². The Bertz CT molecular complexity index is 190. The highest BCUT2D eigenvalue weighted by molar-refractivity contribution is 5.66. The van der Waals surface area contributed by atoms with Gasteiger partial charge in [-0.15, -0.1) is 0 Å². The van der Waals surface area contributed by atoms with Crippen LogP contribution in [0.3, 0.4) is 0 Å². The predicted molar refractivity (Wildman–Crippen MR) is 53.1 cm³/mol. The molecule has 4 heteroatoms. The van der Waals surface area contributed by atoms with Crippen LogP contribution in [0.5, 0.6) is 0 Å². The lowest BCUT2D eigenvalue weighted by Gasteiger charge is -2.34. The van der Waals surface area contributed by atoms with Crippen LogP contribution in [0.4, 0.5) is 0 Å². The monoisotopic (exact) mass is 201 g/mol. The van der Waals surface area contributed by atoms with Gasteiger partial charge in [0.05, 0.1) is 6.10 Å². The molecule has 0 spiro atoms. The van der Waals surface area contributed by atoms with E-state index in [-0.39, 0.29) is 12.5 Å². The largest absolute Gasteiger partial charge is 0.481 e. The fourth-order valence-electron chi connectivity index (χ4n) is 1.88. The van der Waals surface area contributed by atoms with E-state index >= 15 is 0 Å². The highest BCUT2D eigenvalue weighted by Crippen LogP contribution is 2.27. The second kappa shape index (κ2) is 5.32. The molecule has 0 heterocycles. The number of aliphatic hydroxyl groups excluding tert-OH is 1. The maximum atomic E-state index is 10.3. The molecule has 0 aliphatic heterocycles. The van der Waals surface area contributed by atoms with E-state index in [4.69, 9.17) is 10.2 Å². The number of carboxylic acids is 1. The maximum Gasteiger partial charge on any atom is 0.303 e. The summed E-state index contributed by atoms with van der Waals surface area (Å²) in [6, 6.07) is 0. The van der Waals surface area contributed by atoms with Crippen LogP contribution in [0.2, 0.25) is 0 Å². The average molecular weight is 201 g/mol. The summed E-state index contributed by atoms with van der Waals surface area (Å²) in [6.07, 6.45) is 2.68. The van der Waals surface area contributed by atoms with Gasteiger partial charge < -0.3 is 15.1 Å². The van der Waals surface area contributed by atoms with Crippen molar-refractivity contribution in [2.45, 2.75) is 31.8 Å². The summed E-state index contributed by atoms with van der Waals surface area (Å²) in [5, 5.41) is 17.5. The minimum atomic E-state index is -0.725. The van der Waals surface area contributed by atoms with Crippen molar-refractivity contribution in [2.75, 3.05) is 20.1 Å². The predicted octanol–water partition coefficient (Wildman–Crippen LogP) is 0.554. The highest BCUT2D eigenvalue weighted by Gasteiger charge is 2.27. The van der Waals surface area contributed by atoms with Crippen molar-refractivity contribution in [3.63, 3.8) is 0 Å². The molecule has 4 nitrogen and oxygen atoms in total. The molecule has 0 unspecified atom stereocenters. The summed E-state index contributed by atoms with van der Waals surface area (Å²) >= 11 is 0. The van der Waals surface area contributed by atoms with Gasteiger partial charge in [0, 0.05) is 13.0 Å². The van der Waals surface area contributed by atoms with E-state index in [0.717, 1.165) is 25.9 Å². The Hall–Kier alpha value is -0.610. The molecule has 2 N–H and O–H groups in total. The first-order valence-electron chi connectivity index (χ1n) is 5.16. The summed E-state index contributed by atoms with van der Waals surface area (Å²) in [5.41, 5.74) is 0. The number of carboxylic acid groups (broad SMARTS) is 1. The highest BCUT2D eigenvalue weighted by atomic mass is 16.4. The van der Waals surface area contributed by atoms with Crippen molar-refractivity contribution >= 4 is 5.97 Å². The van der Waals surface area contributed by atoms with Gasteiger partial charge in [0.1, 0.15) is 0 Å². The van der Waals surface area contributed by atoms with Gasteiger partial charge in [-0.1, -0.05) is 0 Å². The number of hydrogen-bond donors (Lipinski definition) is 2. The molecule has 1 aliphatic rings. The SMILES string of the molecule is CN(CCCC(=O)O)CC1CC(O)C1. The fourth-order valence-corrected chi connectivity index (χ4v) is 1.88. The minimum Gasteiger partial charge on any atom is -0.481 e. The molecule has 0 saturated heterocycles. The molecule has 0 bridgehead atoms. The Kier molecular flexibility index (Phi) is 4.35. The van der Waals surface area contributed by atoms with Crippen LogP contribution in [-0.2, 0) is 4.79 Å². The van der Waals surface area contributed by atoms with E-state index < -0.39 is 5.97 Å². The van der Waals surface area contributed by atoms with E-state index in [1.54, 1.807) is 0 Å². The first-order valence-corrected chi connectivity index (χ1v) is 5.16. The number of aliphatic hydroxyl groups is 1. The van der Waals surface area contributed by atoms with Gasteiger partial charge >= 0.3 is 5.97 Å². The first-order chi connectivity index (χ1) is 6.58. The van der Waals surface area contributed by atoms with E-state index in [1.807, 2.05) is 7.05 Å². The van der Waals surface area contributed by atoms with Gasteiger partial charge in [-0.2, -0.15) is 0 Å². The molecule has 0 aromatic rings. The van der Waals surface area contributed by atoms with Crippen molar-refractivity contribution in [1.82, 2.24) is 4.90 Å². The molecule has 0 aromatic carbocycles. The van der Waals surface area contributed by atoms with Crippen molar-refractivity contribution in [2.24, 2.45) is 5.92 Å². The van der Waals surface area contributed by atoms with Crippen LogP contribution in [0, 0.1) is 5.92 Å². The summed E-state index contributed by atoms with van der Waals surface area (Å²) in [7, 11) is 2.01. The van der Waals surface area contributed by atoms with E-state index in [0.29, 0.717) is 12.3 Å². The molecular weight excluding hydrogens is 182 g/mol. The smallest absolute Gasteiger partial charge is 0.303 e. The molecule has 14 heavy (non-hydrogen) atoms. The third-order valence-corrected chi connectivity index (χ3v) is 2.71. The summed E-state index contributed by atoms with van der Waals surface area (Å²) in [6.45, 7) is 1.82. The Morgan fingerprint density at radius 1 is 1.50 bits per heavy atom. The standard InChI is InChI=1S/C10H19NO3/c1-11(4-2-3-10(13)14)7-8-5-9(12)6-8/h8-9,12H,2-7H2,1H3,(H,13,14). The summed E-state index contributed by atoms with van der Waals surface area (Å²) in [5.74, 6) is -0.114.